The molecule has 0 aliphatic carbocycles. The molecule has 0 radical (unpaired) electrons. The van der Waals surface area contributed by atoms with Crippen LogP contribution in [0, 0.1) is 11.3 Å². The molecule has 1 N–H and O–H groups in total. The second-order valence-corrected chi connectivity index (χ2v) is 7.01. The monoisotopic (exact) mass is 369 g/mol. The highest BCUT2D eigenvalue weighted by atomic mass is 35.5. The molecule has 0 bridgehead atoms. The van der Waals surface area contributed by atoms with Crippen LogP contribution >= 0.6 is 11.6 Å². The van der Waals surface area contributed by atoms with Gasteiger partial charge >= 0.3 is 5.97 Å². The predicted molar refractivity (Wildman–Crippen MR) is 94.3 cm³/mol. The number of ether oxygens (including phenoxy) is 2. The summed E-state index contributed by atoms with van der Waals surface area (Å²) in [5, 5.41) is 10.1. The molecule has 2 rings (SSSR count). The summed E-state index contributed by atoms with van der Waals surface area (Å²) in [6, 6.07) is 4.86. The minimum atomic E-state index is -0.911. The minimum absolute atomic E-state index is 0.0698. The van der Waals surface area contributed by atoms with E-state index in [0.29, 0.717) is 42.5 Å². The van der Waals surface area contributed by atoms with Crippen LogP contribution in [0.3, 0.4) is 0 Å². The third-order valence-corrected chi connectivity index (χ3v) is 5.07. The van der Waals surface area contributed by atoms with Gasteiger partial charge in [0, 0.05) is 25.2 Å². The lowest BCUT2D eigenvalue weighted by Crippen LogP contribution is -2.40. The van der Waals surface area contributed by atoms with Crippen molar-refractivity contribution in [3.8, 4) is 5.75 Å². The third kappa shape index (κ3) is 4.07. The van der Waals surface area contributed by atoms with Crippen LogP contribution in [-0.4, -0.2) is 55.3 Å². The van der Waals surface area contributed by atoms with E-state index in [1.165, 1.54) is 0 Å². The number of benzene rings is 1. The van der Waals surface area contributed by atoms with Gasteiger partial charge in [0.25, 0.3) is 5.91 Å². The molecule has 1 amide bonds. The van der Waals surface area contributed by atoms with E-state index in [1.54, 1.807) is 30.2 Å². The second-order valence-electron chi connectivity index (χ2n) is 6.57. The molecule has 1 aliphatic rings. The topological polar surface area (TPSA) is 76.1 Å². The average Bonchev–Trinajstić information content (AvgIpc) is 3.02. The van der Waals surface area contributed by atoms with Crippen molar-refractivity contribution in [3.05, 3.63) is 28.8 Å². The molecule has 1 unspecified atom stereocenters. The molecule has 1 aromatic carbocycles. The van der Waals surface area contributed by atoms with Crippen LogP contribution in [0.4, 0.5) is 0 Å². The first kappa shape index (κ1) is 19.5. The predicted octanol–water partition coefficient (Wildman–Crippen LogP) is 2.94. The molecule has 1 aromatic rings. The van der Waals surface area contributed by atoms with E-state index in [-0.39, 0.29) is 18.4 Å². The summed E-state index contributed by atoms with van der Waals surface area (Å²) in [5.74, 6) is -0.775. The molecule has 1 atom stereocenters. The zero-order chi connectivity index (χ0) is 18.6. The Hall–Kier alpha value is -1.79. The molecule has 25 heavy (non-hydrogen) atoms. The Labute approximate surface area is 152 Å². The largest absolute Gasteiger partial charge is 0.490 e. The van der Waals surface area contributed by atoms with Crippen molar-refractivity contribution in [2.24, 2.45) is 11.3 Å². The number of carboxylic acid groups (broad SMARTS) is 1. The van der Waals surface area contributed by atoms with Crippen molar-refractivity contribution in [2.75, 3.05) is 33.4 Å². The molecule has 7 heteroatoms. The van der Waals surface area contributed by atoms with Crippen LogP contribution in [0.25, 0.3) is 0 Å². The number of halogens is 1. The highest BCUT2D eigenvalue weighted by Gasteiger charge is 2.48. The van der Waals surface area contributed by atoms with Gasteiger partial charge in [-0.3, -0.25) is 9.59 Å². The molecule has 1 saturated heterocycles. The number of carbonyl (C=O) groups is 2. The quantitative estimate of drug-likeness (QED) is 0.748. The normalized spacial score (nSPS) is 20.1. The molecular weight excluding hydrogens is 346 g/mol. The van der Waals surface area contributed by atoms with Crippen LogP contribution in [0.15, 0.2) is 18.2 Å². The standard InChI is InChI=1S/C18H24ClNO5/c1-12(2)18(17(22)23)6-7-20(11-18)16(21)14-10-13(19)4-5-15(14)25-9-8-24-3/h4-5,10,12H,6-9,11H2,1-3H3,(H,22,23). The van der Waals surface area contributed by atoms with Crippen molar-refractivity contribution in [3.63, 3.8) is 0 Å². The van der Waals surface area contributed by atoms with Crippen molar-refractivity contribution >= 4 is 23.5 Å². The van der Waals surface area contributed by atoms with Gasteiger partial charge in [-0.05, 0) is 30.5 Å². The fourth-order valence-corrected chi connectivity index (χ4v) is 3.27. The fraction of sp³-hybridized carbons (Fsp3) is 0.556. The highest BCUT2D eigenvalue weighted by Crippen LogP contribution is 2.39. The number of amides is 1. The second kappa shape index (κ2) is 8.06. The van der Waals surface area contributed by atoms with Gasteiger partial charge in [0.15, 0.2) is 0 Å². The van der Waals surface area contributed by atoms with Gasteiger partial charge in [-0.2, -0.15) is 0 Å². The van der Waals surface area contributed by atoms with Crippen molar-refractivity contribution in [2.45, 2.75) is 20.3 Å². The maximum atomic E-state index is 12.9. The first-order valence-electron chi connectivity index (χ1n) is 8.26. The number of hydrogen-bond donors (Lipinski definition) is 1. The fourth-order valence-electron chi connectivity index (χ4n) is 3.10. The van der Waals surface area contributed by atoms with Crippen LogP contribution in [0.2, 0.25) is 5.02 Å². The summed E-state index contributed by atoms with van der Waals surface area (Å²) in [6.45, 7) is 5.04. The summed E-state index contributed by atoms with van der Waals surface area (Å²) >= 11 is 6.04. The molecule has 0 spiro atoms. The summed E-state index contributed by atoms with van der Waals surface area (Å²) < 4.78 is 10.6. The summed E-state index contributed by atoms with van der Waals surface area (Å²) in [4.78, 5) is 26.3. The third-order valence-electron chi connectivity index (χ3n) is 4.84. The Morgan fingerprint density at radius 3 is 2.64 bits per heavy atom. The van der Waals surface area contributed by atoms with E-state index in [2.05, 4.69) is 0 Å². The van der Waals surface area contributed by atoms with Gasteiger partial charge in [0.1, 0.15) is 12.4 Å². The lowest BCUT2D eigenvalue weighted by atomic mass is 9.76. The maximum absolute atomic E-state index is 12.9. The molecule has 0 saturated carbocycles. The van der Waals surface area contributed by atoms with E-state index in [1.807, 2.05) is 13.8 Å². The lowest BCUT2D eigenvalue weighted by molar-refractivity contribution is -0.150. The Bertz CT molecular complexity index is 648. The Kier molecular flexibility index (Phi) is 6.30. The number of likely N-dealkylation sites (tertiary alicyclic amines) is 1. The van der Waals surface area contributed by atoms with Gasteiger partial charge in [0.2, 0.25) is 0 Å². The average molecular weight is 370 g/mol. The zero-order valence-electron chi connectivity index (χ0n) is 14.8. The van der Waals surface area contributed by atoms with E-state index < -0.39 is 11.4 Å². The summed E-state index contributed by atoms with van der Waals surface area (Å²) in [6.07, 6.45) is 0.437. The highest BCUT2D eigenvalue weighted by molar-refractivity contribution is 6.31. The van der Waals surface area contributed by atoms with Crippen LogP contribution in [-0.2, 0) is 9.53 Å². The SMILES string of the molecule is COCCOc1ccc(Cl)cc1C(=O)N1CCC(C(=O)O)(C(C)C)C1. The zero-order valence-corrected chi connectivity index (χ0v) is 15.5. The van der Waals surface area contributed by atoms with Crippen LogP contribution in [0.1, 0.15) is 30.6 Å². The number of aliphatic carboxylic acids is 1. The van der Waals surface area contributed by atoms with Gasteiger partial charge < -0.3 is 19.5 Å². The Morgan fingerprint density at radius 2 is 2.08 bits per heavy atom. The van der Waals surface area contributed by atoms with Gasteiger partial charge in [-0.1, -0.05) is 25.4 Å². The number of carbonyl (C=O) groups excluding carboxylic acids is 1. The number of hydrogen-bond acceptors (Lipinski definition) is 4. The number of methoxy groups -OCH3 is 1. The van der Waals surface area contributed by atoms with Crippen LogP contribution in [0.5, 0.6) is 5.75 Å². The van der Waals surface area contributed by atoms with E-state index in [0.717, 1.165) is 0 Å². The van der Waals surface area contributed by atoms with Gasteiger partial charge in [-0.15, -0.1) is 0 Å². The molecule has 1 heterocycles. The number of rotatable bonds is 7. The van der Waals surface area contributed by atoms with Gasteiger partial charge in [-0.25, -0.2) is 0 Å². The van der Waals surface area contributed by atoms with Crippen molar-refractivity contribution < 1.29 is 24.2 Å². The minimum Gasteiger partial charge on any atom is -0.490 e. The first-order valence-corrected chi connectivity index (χ1v) is 8.63. The Balaban J connectivity index is 2.23. The van der Waals surface area contributed by atoms with Crippen LogP contribution < -0.4 is 4.74 Å². The van der Waals surface area contributed by atoms with Gasteiger partial charge in [0.05, 0.1) is 17.6 Å². The number of nitrogens with zero attached hydrogens (tertiary/aromatic N) is 1. The molecular formula is C18H24ClNO5. The summed E-state index contributed by atoms with van der Waals surface area (Å²) in [5.41, 5.74) is -0.570. The van der Waals surface area contributed by atoms with Crippen molar-refractivity contribution in [1.82, 2.24) is 4.90 Å². The molecule has 6 nitrogen and oxygen atoms in total. The van der Waals surface area contributed by atoms with E-state index in [9.17, 15) is 14.7 Å². The summed E-state index contributed by atoms with van der Waals surface area (Å²) in [7, 11) is 1.57. The molecule has 1 aliphatic heterocycles. The maximum Gasteiger partial charge on any atom is 0.311 e. The van der Waals surface area contributed by atoms with Crippen molar-refractivity contribution in [1.29, 1.82) is 0 Å². The van der Waals surface area contributed by atoms with E-state index in [4.69, 9.17) is 21.1 Å². The molecule has 138 valence electrons. The smallest absolute Gasteiger partial charge is 0.311 e. The molecule has 1 fully saturated rings. The lowest BCUT2D eigenvalue weighted by Gasteiger charge is -2.28. The van der Waals surface area contributed by atoms with E-state index >= 15 is 0 Å². The number of carboxylic acids is 1. The first-order chi connectivity index (χ1) is 11.8. The Morgan fingerprint density at radius 1 is 1.36 bits per heavy atom. The molecule has 0 aromatic heterocycles.